The lowest BCUT2D eigenvalue weighted by molar-refractivity contribution is 0.660. The Bertz CT molecular complexity index is 2760. The Hall–Kier alpha value is -6.38. The van der Waals surface area contributed by atoms with Crippen molar-refractivity contribution >= 4 is 49.8 Å². The van der Waals surface area contributed by atoms with Gasteiger partial charge >= 0.3 is 0 Å². The summed E-state index contributed by atoms with van der Waals surface area (Å²) < 4.78 is 6.95. The molecule has 2 heteroatoms. The first-order chi connectivity index (χ1) is 25.0. The molecule has 1 heterocycles. The largest absolute Gasteiger partial charge is 0.455 e. The van der Waals surface area contributed by atoms with Crippen LogP contribution in [0.5, 0.6) is 0 Å². The number of para-hydroxylation sites is 1. The molecule has 242 valence electrons. The zero-order chi connectivity index (χ0) is 34.1. The third kappa shape index (κ3) is 4.64. The number of hydrogen-bond donors (Lipinski definition) is 0. The van der Waals surface area contributed by atoms with Gasteiger partial charge in [0.2, 0.25) is 0 Å². The summed E-state index contributed by atoms with van der Waals surface area (Å²) in [5.74, 6) is 0. The Balaban J connectivity index is 1.14. The molecule has 1 aromatic heterocycles. The van der Waals surface area contributed by atoms with Crippen LogP contribution in [-0.2, 0) is 5.41 Å². The summed E-state index contributed by atoms with van der Waals surface area (Å²) in [4.78, 5) is 2.35. The highest BCUT2D eigenvalue weighted by atomic mass is 16.3. The van der Waals surface area contributed by atoms with Crippen LogP contribution >= 0.6 is 0 Å². The molecule has 1 aliphatic carbocycles. The highest BCUT2D eigenvalue weighted by Crippen LogP contribution is 2.51. The predicted octanol–water partition coefficient (Wildman–Crippen LogP) is 13.8. The van der Waals surface area contributed by atoms with Crippen LogP contribution in [0.1, 0.15) is 25.0 Å². The maximum absolute atomic E-state index is 6.95. The van der Waals surface area contributed by atoms with E-state index in [0.29, 0.717) is 0 Å². The maximum atomic E-state index is 6.95. The number of fused-ring (bicyclic) bond motifs is 7. The highest BCUT2D eigenvalue weighted by molar-refractivity contribution is 6.18. The number of rotatable bonds is 5. The SMILES string of the molecule is CC1(C)c2ccccc2-c2ccc(N(c3ccccc3)c3ccc4c(c3)oc3c(-c5ccc(-c6ccccc6)cc5)c5ccccc5cc34)cc21. The molecular weight excluding hydrogens is 619 g/mol. The molecule has 8 aromatic carbocycles. The molecule has 0 atom stereocenters. The van der Waals surface area contributed by atoms with E-state index in [1.807, 2.05) is 0 Å². The second-order valence-electron chi connectivity index (χ2n) is 14.1. The summed E-state index contributed by atoms with van der Waals surface area (Å²) in [5, 5.41) is 4.62. The van der Waals surface area contributed by atoms with Crippen LogP contribution in [0.3, 0.4) is 0 Å². The van der Waals surface area contributed by atoms with Crippen LogP contribution in [0.4, 0.5) is 17.1 Å². The maximum Gasteiger partial charge on any atom is 0.143 e. The van der Waals surface area contributed by atoms with E-state index in [9.17, 15) is 0 Å². The van der Waals surface area contributed by atoms with Crippen molar-refractivity contribution in [3.8, 4) is 33.4 Å². The molecule has 0 fully saturated rings. The van der Waals surface area contributed by atoms with E-state index in [2.05, 4.69) is 195 Å². The quantitative estimate of drug-likeness (QED) is 0.184. The molecule has 51 heavy (non-hydrogen) atoms. The van der Waals surface area contributed by atoms with Crippen LogP contribution in [0.25, 0.3) is 66.1 Å². The molecule has 0 radical (unpaired) electrons. The fourth-order valence-electron chi connectivity index (χ4n) is 8.30. The first kappa shape index (κ1) is 29.5. The van der Waals surface area contributed by atoms with Gasteiger partial charge in [0, 0.05) is 44.9 Å². The van der Waals surface area contributed by atoms with E-state index in [0.717, 1.165) is 50.1 Å². The van der Waals surface area contributed by atoms with E-state index in [4.69, 9.17) is 4.42 Å². The molecule has 10 rings (SSSR count). The Morgan fingerprint density at radius 1 is 0.431 bits per heavy atom. The second-order valence-corrected chi connectivity index (χ2v) is 14.1. The number of furan rings is 1. The number of hydrogen-bond acceptors (Lipinski definition) is 2. The van der Waals surface area contributed by atoms with Crippen LogP contribution in [0.2, 0.25) is 0 Å². The Kier molecular flexibility index (Phi) is 6.56. The predicted molar refractivity (Wildman–Crippen MR) is 214 cm³/mol. The van der Waals surface area contributed by atoms with Gasteiger partial charge in [-0.15, -0.1) is 0 Å². The van der Waals surface area contributed by atoms with Gasteiger partial charge in [-0.05, 0) is 92.2 Å². The third-order valence-electron chi connectivity index (χ3n) is 10.8. The molecule has 0 spiro atoms. The summed E-state index contributed by atoms with van der Waals surface area (Å²) in [6.07, 6.45) is 0. The minimum absolute atomic E-state index is 0.0926. The van der Waals surface area contributed by atoms with Gasteiger partial charge in [-0.25, -0.2) is 0 Å². The van der Waals surface area contributed by atoms with Gasteiger partial charge in [0.1, 0.15) is 11.2 Å². The van der Waals surface area contributed by atoms with Crippen LogP contribution in [-0.4, -0.2) is 0 Å². The molecule has 1 aliphatic rings. The summed E-state index contributed by atoms with van der Waals surface area (Å²) in [6.45, 7) is 4.68. The monoisotopic (exact) mass is 653 g/mol. The molecule has 0 bridgehead atoms. The van der Waals surface area contributed by atoms with Crippen molar-refractivity contribution in [2.45, 2.75) is 19.3 Å². The van der Waals surface area contributed by atoms with Gasteiger partial charge in [0.15, 0.2) is 0 Å². The molecule has 0 saturated carbocycles. The molecule has 0 unspecified atom stereocenters. The zero-order valence-electron chi connectivity index (χ0n) is 28.6. The van der Waals surface area contributed by atoms with Gasteiger partial charge < -0.3 is 9.32 Å². The average molecular weight is 654 g/mol. The fraction of sp³-hybridized carbons (Fsp3) is 0.0612. The van der Waals surface area contributed by atoms with Crippen LogP contribution in [0.15, 0.2) is 180 Å². The highest BCUT2D eigenvalue weighted by Gasteiger charge is 2.35. The van der Waals surface area contributed by atoms with Crippen LogP contribution in [0, 0.1) is 0 Å². The Morgan fingerprint density at radius 3 is 1.88 bits per heavy atom. The van der Waals surface area contributed by atoms with Crippen molar-refractivity contribution in [1.82, 2.24) is 0 Å². The van der Waals surface area contributed by atoms with Gasteiger partial charge in [-0.2, -0.15) is 0 Å². The van der Waals surface area contributed by atoms with Crippen molar-refractivity contribution in [2.75, 3.05) is 4.90 Å². The third-order valence-corrected chi connectivity index (χ3v) is 10.8. The molecule has 0 amide bonds. The molecule has 0 aliphatic heterocycles. The van der Waals surface area contributed by atoms with Crippen molar-refractivity contribution in [3.05, 3.63) is 187 Å². The van der Waals surface area contributed by atoms with E-state index in [-0.39, 0.29) is 5.41 Å². The number of benzene rings is 8. The summed E-state index contributed by atoms with van der Waals surface area (Å²) in [6, 6.07) is 63.5. The second kappa shape index (κ2) is 11.3. The summed E-state index contributed by atoms with van der Waals surface area (Å²) in [5.41, 5.74) is 15.0. The Labute approximate surface area is 297 Å². The molecule has 9 aromatic rings. The van der Waals surface area contributed by atoms with Crippen molar-refractivity contribution in [3.63, 3.8) is 0 Å². The smallest absolute Gasteiger partial charge is 0.143 e. The fourth-order valence-corrected chi connectivity index (χ4v) is 8.30. The lowest BCUT2D eigenvalue weighted by Crippen LogP contribution is -2.16. The topological polar surface area (TPSA) is 16.4 Å². The van der Waals surface area contributed by atoms with Gasteiger partial charge in [-0.1, -0.05) is 141 Å². The lowest BCUT2D eigenvalue weighted by Gasteiger charge is -2.28. The molecule has 0 N–H and O–H groups in total. The van der Waals surface area contributed by atoms with Gasteiger partial charge in [-0.3, -0.25) is 0 Å². The van der Waals surface area contributed by atoms with E-state index < -0.39 is 0 Å². The van der Waals surface area contributed by atoms with E-state index >= 15 is 0 Å². The average Bonchev–Trinajstić information content (AvgIpc) is 3.65. The van der Waals surface area contributed by atoms with Gasteiger partial charge in [0.05, 0.1) is 0 Å². The number of nitrogens with zero attached hydrogens (tertiary/aromatic N) is 1. The van der Waals surface area contributed by atoms with E-state index in [1.54, 1.807) is 0 Å². The van der Waals surface area contributed by atoms with E-state index in [1.165, 1.54) is 44.2 Å². The zero-order valence-corrected chi connectivity index (χ0v) is 28.6. The van der Waals surface area contributed by atoms with Crippen molar-refractivity contribution < 1.29 is 4.42 Å². The molecule has 2 nitrogen and oxygen atoms in total. The van der Waals surface area contributed by atoms with Crippen LogP contribution < -0.4 is 4.90 Å². The lowest BCUT2D eigenvalue weighted by atomic mass is 9.82. The first-order valence-corrected chi connectivity index (χ1v) is 17.7. The first-order valence-electron chi connectivity index (χ1n) is 17.7. The molecular formula is C49H35NO. The minimum atomic E-state index is -0.0926. The number of anilines is 3. The normalized spacial score (nSPS) is 13.1. The minimum Gasteiger partial charge on any atom is -0.455 e. The van der Waals surface area contributed by atoms with Crippen molar-refractivity contribution in [1.29, 1.82) is 0 Å². The van der Waals surface area contributed by atoms with Crippen molar-refractivity contribution in [2.24, 2.45) is 0 Å². The molecule has 0 saturated heterocycles. The summed E-state index contributed by atoms with van der Waals surface area (Å²) in [7, 11) is 0. The standard InChI is InChI=1S/C49H35NO/c1-49(2)44-20-12-11-19-40(44)41-27-25-37(30-45(41)49)50(36-16-7-4-8-17-36)38-26-28-42-43-29-35-15-9-10-18-39(35)47(48(43)51-46(42)31-38)34-23-21-33(22-24-34)32-13-5-3-6-14-32/h3-31H,1-2H3. The summed E-state index contributed by atoms with van der Waals surface area (Å²) >= 11 is 0. The Morgan fingerprint density at radius 2 is 1.06 bits per heavy atom. The van der Waals surface area contributed by atoms with Gasteiger partial charge in [0.25, 0.3) is 0 Å².